The maximum atomic E-state index is 11.0. The average molecular weight is 691 g/mol. The van der Waals surface area contributed by atoms with E-state index < -0.39 is 0 Å². The summed E-state index contributed by atoms with van der Waals surface area (Å²) >= 11 is 1.77. The van der Waals surface area contributed by atoms with Gasteiger partial charge in [0, 0.05) is 53.0 Å². The molecule has 53 heavy (non-hydrogen) atoms. The van der Waals surface area contributed by atoms with Crippen LogP contribution in [0.4, 0.5) is 0 Å². The van der Waals surface area contributed by atoms with Gasteiger partial charge in [0.25, 0.3) is 0 Å². The van der Waals surface area contributed by atoms with Crippen LogP contribution in [0.1, 0.15) is 22.3 Å². The molecule has 6 nitrogen and oxygen atoms in total. The quantitative estimate of drug-likeness (QED) is 0.184. The van der Waals surface area contributed by atoms with Crippen LogP contribution in [0.15, 0.2) is 133 Å². The molecule has 0 amide bonds. The third-order valence-electron chi connectivity index (χ3n) is 10.2. The lowest BCUT2D eigenvalue weighted by molar-refractivity contribution is 1.15. The number of nitrogens with zero attached hydrogens (tertiary/aromatic N) is 6. The predicted octanol–water partition coefficient (Wildman–Crippen LogP) is 11.4. The van der Waals surface area contributed by atoms with Crippen molar-refractivity contribution in [3.63, 3.8) is 0 Å². The van der Waals surface area contributed by atoms with Gasteiger partial charge in [0.1, 0.15) is 18.2 Å². The number of nitriles is 4. The van der Waals surface area contributed by atoms with E-state index in [1.165, 1.54) is 14.8 Å². The van der Waals surface area contributed by atoms with Gasteiger partial charge < -0.3 is 9.13 Å². The highest BCUT2D eigenvalue weighted by atomic mass is 32.1. The van der Waals surface area contributed by atoms with Crippen molar-refractivity contribution in [1.82, 2.24) is 9.13 Å². The summed E-state index contributed by atoms with van der Waals surface area (Å²) in [5, 5.41) is 48.9. The molecule has 0 N–H and O–H groups in total. The largest absolute Gasteiger partial charge is 0.309 e. The maximum Gasteiger partial charge on any atom is 0.103 e. The average Bonchev–Trinajstić information content (AvgIpc) is 3.86. The minimum absolute atomic E-state index is 0.116. The van der Waals surface area contributed by atoms with Gasteiger partial charge in [-0.3, -0.25) is 0 Å². The lowest BCUT2D eigenvalue weighted by atomic mass is 9.91. The van der Waals surface area contributed by atoms with Crippen LogP contribution in [0.3, 0.4) is 0 Å². The van der Waals surface area contributed by atoms with Crippen molar-refractivity contribution < 1.29 is 0 Å². The Kier molecular flexibility index (Phi) is 6.50. The number of fused-ring (bicyclic) bond motifs is 9. The van der Waals surface area contributed by atoms with E-state index in [1.54, 1.807) is 23.5 Å². The summed E-state index contributed by atoms with van der Waals surface area (Å²) in [5.41, 5.74) is 6.63. The lowest BCUT2D eigenvalue weighted by Gasteiger charge is -2.18. The van der Waals surface area contributed by atoms with Gasteiger partial charge in [-0.05, 0) is 66.2 Å². The SMILES string of the molecule is N#Cc1cc(-c2cc(C#N)c(C#N)c(-n3c4ccccc4c4ccccc43)c2C#N)cc(-n2c3ccccc3c3cc4sc5ccccc5c4cc32)c1. The molecule has 0 radical (unpaired) electrons. The summed E-state index contributed by atoms with van der Waals surface area (Å²) in [6, 6.07) is 53.3. The minimum Gasteiger partial charge on any atom is -0.309 e. The molecule has 7 aromatic carbocycles. The van der Waals surface area contributed by atoms with Gasteiger partial charge in [0.05, 0.1) is 56.1 Å². The van der Waals surface area contributed by atoms with Crippen molar-refractivity contribution >= 4 is 75.1 Å². The Morgan fingerprint density at radius 2 is 1.04 bits per heavy atom. The third kappa shape index (κ3) is 4.27. The van der Waals surface area contributed by atoms with Crippen LogP contribution in [-0.4, -0.2) is 9.13 Å². The summed E-state index contributed by atoms with van der Waals surface area (Å²) in [6.07, 6.45) is 0. The number of thiophene rings is 1. The van der Waals surface area contributed by atoms with Crippen molar-refractivity contribution in [3.05, 3.63) is 156 Å². The molecular formula is C46H22N6S. The summed E-state index contributed by atoms with van der Waals surface area (Å²) in [6.45, 7) is 0. The molecular weight excluding hydrogens is 669 g/mol. The zero-order valence-electron chi connectivity index (χ0n) is 27.8. The number of aromatic nitrogens is 2. The van der Waals surface area contributed by atoms with E-state index in [0.717, 1.165) is 54.7 Å². The second-order valence-electron chi connectivity index (χ2n) is 13.0. The Hall–Kier alpha value is -7.68. The van der Waals surface area contributed by atoms with Gasteiger partial charge >= 0.3 is 0 Å². The number of rotatable bonds is 3. The lowest BCUT2D eigenvalue weighted by Crippen LogP contribution is -2.06. The molecule has 0 aliphatic rings. The first-order valence-corrected chi connectivity index (χ1v) is 17.7. The topological polar surface area (TPSA) is 105 Å². The monoisotopic (exact) mass is 690 g/mol. The summed E-state index contributed by atoms with van der Waals surface area (Å²) in [7, 11) is 0. The van der Waals surface area contributed by atoms with E-state index in [4.69, 9.17) is 0 Å². The molecule has 3 aromatic heterocycles. The van der Waals surface area contributed by atoms with E-state index in [9.17, 15) is 21.0 Å². The Morgan fingerprint density at radius 1 is 0.434 bits per heavy atom. The molecule has 0 spiro atoms. The third-order valence-corrected chi connectivity index (χ3v) is 11.4. The van der Waals surface area contributed by atoms with E-state index in [1.807, 2.05) is 77.4 Å². The number of hydrogen-bond acceptors (Lipinski definition) is 5. The van der Waals surface area contributed by atoms with Crippen molar-refractivity contribution in [3.8, 4) is 46.8 Å². The van der Waals surface area contributed by atoms with E-state index >= 15 is 0 Å². The highest BCUT2D eigenvalue weighted by molar-refractivity contribution is 7.25. The fraction of sp³-hybridized carbons (Fsp3) is 0. The molecule has 0 bridgehead atoms. The Labute approximate surface area is 306 Å². The molecule has 3 heterocycles. The molecule has 10 aromatic rings. The van der Waals surface area contributed by atoms with Crippen molar-refractivity contribution in [1.29, 1.82) is 21.0 Å². The standard InChI is InChI=1S/C46H22N6S/c47-23-27-17-28(19-30(18-27)51-40-13-5-3-11-33(40)36-22-45-37(21-43(36)51)34-12-4-8-16-44(34)53-45)35-20-29(24-48)38(25-49)46(39(35)26-50)52-41-14-6-1-9-31(41)32-10-2-7-15-42(32)52/h1-22H. The van der Waals surface area contributed by atoms with Crippen LogP contribution in [0.2, 0.25) is 0 Å². The van der Waals surface area contributed by atoms with Crippen LogP contribution in [0, 0.1) is 45.3 Å². The molecule has 7 heteroatoms. The smallest absolute Gasteiger partial charge is 0.103 e. The molecule has 0 unspecified atom stereocenters. The highest BCUT2D eigenvalue weighted by Gasteiger charge is 2.25. The van der Waals surface area contributed by atoms with Gasteiger partial charge in [0.2, 0.25) is 0 Å². The summed E-state index contributed by atoms with van der Waals surface area (Å²) in [4.78, 5) is 0. The molecule has 0 saturated carbocycles. The molecule has 242 valence electrons. The zero-order valence-corrected chi connectivity index (χ0v) is 28.6. The molecule has 0 aliphatic carbocycles. The number of hydrogen-bond donors (Lipinski definition) is 0. The van der Waals surface area contributed by atoms with Crippen molar-refractivity contribution in [2.45, 2.75) is 0 Å². The summed E-state index contributed by atoms with van der Waals surface area (Å²) in [5.74, 6) is 0. The first-order valence-electron chi connectivity index (χ1n) is 16.9. The van der Waals surface area contributed by atoms with E-state index in [-0.39, 0.29) is 16.7 Å². The Bertz CT molecular complexity index is 3350. The Balaban J connectivity index is 1.30. The highest BCUT2D eigenvalue weighted by Crippen LogP contribution is 2.43. The maximum absolute atomic E-state index is 11.0. The van der Waals surface area contributed by atoms with Gasteiger partial charge in [-0.2, -0.15) is 21.0 Å². The fourth-order valence-corrected chi connectivity index (χ4v) is 9.15. The van der Waals surface area contributed by atoms with E-state index in [0.29, 0.717) is 22.4 Å². The first-order chi connectivity index (χ1) is 26.1. The molecule has 0 atom stereocenters. The molecule has 0 aliphatic heterocycles. The molecule has 0 fully saturated rings. The molecule has 10 rings (SSSR count). The van der Waals surface area contributed by atoms with Crippen LogP contribution in [0.5, 0.6) is 0 Å². The van der Waals surface area contributed by atoms with Crippen molar-refractivity contribution in [2.75, 3.05) is 0 Å². The van der Waals surface area contributed by atoms with Gasteiger partial charge in [-0.15, -0.1) is 11.3 Å². The normalized spacial score (nSPS) is 11.3. The van der Waals surface area contributed by atoms with Crippen LogP contribution in [-0.2, 0) is 0 Å². The van der Waals surface area contributed by atoms with Crippen molar-refractivity contribution in [2.24, 2.45) is 0 Å². The zero-order chi connectivity index (χ0) is 35.8. The van der Waals surface area contributed by atoms with Crippen LogP contribution in [0.25, 0.3) is 86.3 Å². The summed E-state index contributed by atoms with van der Waals surface area (Å²) < 4.78 is 6.52. The second-order valence-corrected chi connectivity index (χ2v) is 14.1. The van der Waals surface area contributed by atoms with Gasteiger partial charge in [-0.1, -0.05) is 72.8 Å². The number of para-hydroxylation sites is 3. The predicted molar refractivity (Wildman–Crippen MR) is 212 cm³/mol. The van der Waals surface area contributed by atoms with Crippen LogP contribution >= 0.6 is 11.3 Å². The van der Waals surface area contributed by atoms with Crippen LogP contribution < -0.4 is 0 Å². The van der Waals surface area contributed by atoms with Gasteiger partial charge in [0.15, 0.2) is 0 Å². The fourth-order valence-electron chi connectivity index (χ4n) is 8.02. The molecule has 0 saturated heterocycles. The van der Waals surface area contributed by atoms with E-state index in [2.05, 4.69) is 77.4 Å². The van der Waals surface area contributed by atoms with Gasteiger partial charge in [-0.25, -0.2) is 0 Å². The second kappa shape index (κ2) is 11.4. The first kappa shape index (κ1) is 30.2. The number of benzene rings is 7. The Morgan fingerprint density at radius 3 is 1.68 bits per heavy atom. The minimum atomic E-state index is 0.116.